The number of hydrogen-bond acceptors (Lipinski definition) is 3. The highest BCUT2D eigenvalue weighted by Gasteiger charge is 2.16. The van der Waals surface area contributed by atoms with Crippen LogP contribution in [-0.2, 0) is 12.0 Å². The fourth-order valence-corrected chi connectivity index (χ4v) is 1.97. The molecule has 0 aliphatic heterocycles. The van der Waals surface area contributed by atoms with E-state index in [1.165, 1.54) is 0 Å². The second kappa shape index (κ2) is 4.59. The zero-order chi connectivity index (χ0) is 10.6. The van der Waals surface area contributed by atoms with Crippen LogP contribution in [0, 0.1) is 12.3 Å². The maximum atomic E-state index is 5.14. The Bertz CT molecular complexity index is 328. The van der Waals surface area contributed by atoms with E-state index in [2.05, 4.69) is 42.4 Å². The topological polar surface area (TPSA) is 24.9 Å². The fourth-order valence-electron chi connectivity index (χ4n) is 0.978. The maximum absolute atomic E-state index is 5.14. The van der Waals surface area contributed by atoms with Gasteiger partial charge in [-0.05, 0) is 0 Å². The van der Waals surface area contributed by atoms with Crippen LogP contribution in [0.1, 0.15) is 31.5 Å². The van der Waals surface area contributed by atoms with Gasteiger partial charge in [-0.15, -0.1) is 17.8 Å². The number of aromatic nitrogens is 1. The molecule has 0 aliphatic rings. The minimum Gasteiger partial charge on any atom is -0.300 e. The van der Waals surface area contributed by atoms with Crippen molar-refractivity contribution in [1.29, 1.82) is 0 Å². The molecule has 0 unspecified atom stereocenters. The first kappa shape index (κ1) is 11.2. The SMILES string of the molecule is C#CCNCc1nc(C(C)(C)C)cs1. The van der Waals surface area contributed by atoms with E-state index in [-0.39, 0.29) is 5.41 Å². The second-order valence-corrected chi connectivity index (χ2v) is 5.13. The molecular weight excluding hydrogens is 192 g/mol. The van der Waals surface area contributed by atoms with Gasteiger partial charge in [-0.1, -0.05) is 26.7 Å². The fraction of sp³-hybridized carbons (Fsp3) is 0.545. The van der Waals surface area contributed by atoms with Gasteiger partial charge in [0.05, 0.1) is 12.2 Å². The van der Waals surface area contributed by atoms with E-state index in [4.69, 9.17) is 6.42 Å². The minimum absolute atomic E-state index is 0.140. The lowest BCUT2D eigenvalue weighted by atomic mass is 9.93. The van der Waals surface area contributed by atoms with Gasteiger partial charge in [0.25, 0.3) is 0 Å². The van der Waals surface area contributed by atoms with Gasteiger partial charge in [0.15, 0.2) is 0 Å². The molecule has 1 aromatic heterocycles. The first-order chi connectivity index (χ1) is 6.54. The maximum Gasteiger partial charge on any atom is 0.107 e. The lowest BCUT2D eigenvalue weighted by molar-refractivity contribution is 0.569. The predicted octanol–water partition coefficient (Wildman–Crippen LogP) is 2.16. The summed E-state index contributed by atoms with van der Waals surface area (Å²) in [6.45, 7) is 7.87. The normalized spacial score (nSPS) is 11.3. The largest absolute Gasteiger partial charge is 0.300 e. The molecule has 0 spiro atoms. The summed E-state index contributed by atoms with van der Waals surface area (Å²) in [4.78, 5) is 4.54. The molecular formula is C11H16N2S. The number of rotatable bonds is 3. The van der Waals surface area contributed by atoms with Crippen molar-refractivity contribution in [3.05, 3.63) is 16.1 Å². The highest BCUT2D eigenvalue weighted by Crippen LogP contribution is 2.23. The van der Waals surface area contributed by atoms with Crippen molar-refractivity contribution in [2.24, 2.45) is 0 Å². The van der Waals surface area contributed by atoms with Gasteiger partial charge in [-0.2, -0.15) is 0 Å². The summed E-state index contributed by atoms with van der Waals surface area (Å²) in [5.74, 6) is 2.54. The van der Waals surface area contributed by atoms with E-state index in [1.807, 2.05) is 0 Å². The molecule has 14 heavy (non-hydrogen) atoms. The van der Waals surface area contributed by atoms with Gasteiger partial charge in [0.2, 0.25) is 0 Å². The molecule has 0 atom stereocenters. The molecule has 76 valence electrons. The molecule has 0 saturated carbocycles. The molecule has 1 rings (SSSR count). The van der Waals surface area contributed by atoms with Crippen LogP contribution in [0.2, 0.25) is 0 Å². The van der Waals surface area contributed by atoms with Crippen LogP contribution in [-0.4, -0.2) is 11.5 Å². The summed E-state index contributed by atoms with van der Waals surface area (Å²) >= 11 is 1.68. The Hall–Kier alpha value is -0.850. The zero-order valence-corrected chi connectivity index (χ0v) is 9.74. The number of nitrogens with one attached hydrogen (secondary N) is 1. The third kappa shape index (κ3) is 3.13. The first-order valence-corrected chi connectivity index (χ1v) is 5.51. The Morgan fingerprint density at radius 1 is 1.57 bits per heavy atom. The van der Waals surface area contributed by atoms with Crippen molar-refractivity contribution >= 4 is 11.3 Å². The van der Waals surface area contributed by atoms with Crippen molar-refractivity contribution in [2.75, 3.05) is 6.54 Å². The van der Waals surface area contributed by atoms with Gasteiger partial charge in [-0.3, -0.25) is 5.32 Å². The van der Waals surface area contributed by atoms with Gasteiger partial charge < -0.3 is 0 Å². The molecule has 1 N–H and O–H groups in total. The Morgan fingerprint density at radius 2 is 2.29 bits per heavy atom. The van der Waals surface area contributed by atoms with E-state index in [0.717, 1.165) is 17.2 Å². The Balaban J connectivity index is 2.57. The Morgan fingerprint density at radius 3 is 2.79 bits per heavy atom. The number of terminal acetylenes is 1. The highest BCUT2D eigenvalue weighted by atomic mass is 32.1. The number of hydrogen-bond donors (Lipinski definition) is 1. The third-order valence-corrected chi connectivity index (χ3v) is 2.67. The smallest absolute Gasteiger partial charge is 0.107 e. The number of thiazole rings is 1. The average Bonchev–Trinajstić information content (AvgIpc) is 2.52. The molecule has 0 radical (unpaired) electrons. The van der Waals surface area contributed by atoms with Crippen molar-refractivity contribution < 1.29 is 0 Å². The van der Waals surface area contributed by atoms with Crippen molar-refractivity contribution in [3.8, 4) is 12.3 Å². The van der Waals surface area contributed by atoms with Crippen LogP contribution in [0.4, 0.5) is 0 Å². The zero-order valence-electron chi connectivity index (χ0n) is 8.92. The Kier molecular flexibility index (Phi) is 3.68. The third-order valence-electron chi connectivity index (χ3n) is 1.82. The van der Waals surface area contributed by atoms with Gasteiger partial charge in [0, 0.05) is 17.3 Å². The molecule has 0 aliphatic carbocycles. The second-order valence-electron chi connectivity index (χ2n) is 4.18. The molecule has 1 heterocycles. The highest BCUT2D eigenvalue weighted by molar-refractivity contribution is 7.09. The van der Waals surface area contributed by atoms with E-state index in [1.54, 1.807) is 11.3 Å². The standard InChI is InChI=1S/C11H16N2S/c1-5-6-12-7-10-13-9(8-14-10)11(2,3)4/h1,8,12H,6-7H2,2-4H3. The van der Waals surface area contributed by atoms with E-state index in [9.17, 15) is 0 Å². The van der Waals surface area contributed by atoms with Crippen LogP contribution in [0.15, 0.2) is 5.38 Å². The molecule has 0 aromatic carbocycles. The summed E-state index contributed by atoms with van der Waals surface area (Å²) in [7, 11) is 0. The molecule has 0 fully saturated rings. The quantitative estimate of drug-likeness (QED) is 0.608. The molecule has 0 saturated heterocycles. The van der Waals surface area contributed by atoms with Crippen molar-refractivity contribution in [2.45, 2.75) is 32.7 Å². The summed E-state index contributed by atoms with van der Waals surface area (Å²) < 4.78 is 0. The van der Waals surface area contributed by atoms with Crippen LogP contribution in [0.5, 0.6) is 0 Å². The molecule has 3 heteroatoms. The summed E-state index contributed by atoms with van der Waals surface area (Å²) in [5.41, 5.74) is 1.29. The monoisotopic (exact) mass is 208 g/mol. The molecule has 1 aromatic rings. The van der Waals surface area contributed by atoms with Crippen LogP contribution >= 0.6 is 11.3 Å². The van der Waals surface area contributed by atoms with Crippen molar-refractivity contribution in [3.63, 3.8) is 0 Å². The van der Waals surface area contributed by atoms with Crippen LogP contribution in [0.25, 0.3) is 0 Å². The lowest BCUT2D eigenvalue weighted by Gasteiger charge is -2.14. The predicted molar refractivity (Wildman–Crippen MR) is 61.4 cm³/mol. The molecule has 2 nitrogen and oxygen atoms in total. The lowest BCUT2D eigenvalue weighted by Crippen LogP contribution is -2.14. The van der Waals surface area contributed by atoms with Crippen LogP contribution in [0.3, 0.4) is 0 Å². The van der Waals surface area contributed by atoms with E-state index < -0.39 is 0 Å². The van der Waals surface area contributed by atoms with E-state index in [0.29, 0.717) is 6.54 Å². The summed E-state index contributed by atoms with van der Waals surface area (Å²) in [5, 5.41) is 6.35. The first-order valence-electron chi connectivity index (χ1n) is 4.63. The van der Waals surface area contributed by atoms with Crippen LogP contribution < -0.4 is 5.32 Å². The summed E-state index contributed by atoms with van der Waals surface area (Å²) in [6.07, 6.45) is 5.14. The minimum atomic E-state index is 0.140. The average molecular weight is 208 g/mol. The number of nitrogens with zero attached hydrogens (tertiary/aromatic N) is 1. The summed E-state index contributed by atoms with van der Waals surface area (Å²) in [6, 6.07) is 0. The van der Waals surface area contributed by atoms with E-state index >= 15 is 0 Å². The van der Waals surface area contributed by atoms with Gasteiger partial charge in [-0.25, -0.2) is 4.98 Å². The molecule has 0 amide bonds. The Labute approximate surface area is 89.8 Å². The molecule has 0 bridgehead atoms. The van der Waals surface area contributed by atoms with Crippen molar-refractivity contribution in [1.82, 2.24) is 10.3 Å². The van der Waals surface area contributed by atoms with Gasteiger partial charge >= 0.3 is 0 Å². The van der Waals surface area contributed by atoms with Gasteiger partial charge in [0.1, 0.15) is 5.01 Å².